The first-order valence-electron chi connectivity index (χ1n) is 2.96. The van der Waals surface area contributed by atoms with Crippen LogP contribution in [0.25, 0.3) is 0 Å². The van der Waals surface area contributed by atoms with Gasteiger partial charge in [-0.25, -0.2) is 0 Å². The molecular weight excluding hydrogens is 167 g/mol. The summed E-state index contributed by atoms with van der Waals surface area (Å²) in [6.45, 7) is 4.15. The average molecular weight is 177 g/mol. The topological polar surface area (TPSA) is 0 Å². The maximum Gasteiger partial charge on any atom is 1.00 e. The number of rotatable bonds is 0. The summed E-state index contributed by atoms with van der Waals surface area (Å²) in [5.41, 5.74) is 2.56. The molecule has 0 nitrogen and oxygen atoms in total. The molecule has 0 unspecified atom stereocenters. The minimum absolute atomic E-state index is 0. The zero-order chi connectivity index (χ0) is 6.85. The Kier molecular flexibility index (Phi) is 5.56. The largest absolute Gasteiger partial charge is 1.00 e. The number of thiol groups is 1. The minimum Gasteiger partial charge on any atom is -0.143 e. The van der Waals surface area contributed by atoms with Crippen LogP contribution in [0.5, 0.6) is 0 Å². The molecule has 0 heterocycles. The smallest absolute Gasteiger partial charge is 0.143 e. The van der Waals surface area contributed by atoms with E-state index >= 15 is 0 Å². The Labute approximate surface area is 110 Å². The van der Waals surface area contributed by atoms with Crippen LogP contribution >= 0.6 is 12.6 Å². The SMILES string of the molecule is Cc1cc(C)cc(S)c1.[K+]. The number of benzene rings is 1. The van der Waals surface area contributed by atoms with Crippen molar-refractivity contribution in [3.05, 3.63) is 29.3 Å². The van der Waals surface area contributed by atoms with E-state index in [-0.39, 0.29) is 51.4 Å². The van der Waals surface area contributed by atoms with Crippen LogP contribution < -0.4 is 51.4 Å². The summed E-state index contributed by atoms with van der Waals surface area (Å²) >= 11 is 4.22. The maximum atomic E-state index is 4.22. The van der Waals surface area contributed by atoms with Crippen LogP contribution in [0, 0.1) is 13.8 Å². The van der Waals surface area contributed by atoms with E-state index in [1.165, 1.54) is 11.1 Å². The van der Waals surface area contributed by atoms with E-state index < -0.39 is 0 Å². The molecule has 0 aliphatic heterocycles. The van der Waals surface area contributed by atoms with E-state index in [0.29, 0.717) is 0 Å². The summed E-state index contributed by atoms with van der Waals surface area (Å²) < 4.78 is 0. The predicted octanol–water partition coefficient (Wildman–Crippen LogP) is -0.404. The normalized spacial score (nSPS) is 8.70. The van der Waals surface area contributed by atoms with E-state index in [2.05, 4.69) is 44.7 Å². The van der Waals surface area contributed by atoms with Crippen LogP contribution in [-0.2, 0) is 0 Å². The molecule has 0 aromatic heterocycles. The third-order valence-electron chi connectivity index (χ3n) is 1.21. The molecule has 0 amide bonds. The van der Waals surface area contributed by atoms with E-state index in [0.717, 1.165) is 4.90 Å². The van der Waals surface area contributed by atoms with Gasteiger partial charge in [0.15, 0.2) is 0 Å². The molecule has 1 aromatic carbocycles. The van der Waals surface area contributed by atoms with Gasteiger partial charge in [-0.1, -0.05) is 6.07 Å². The van der Waals surface area contributed by atoms with Gasteiger partial charge in [-0.15, -0.1) is 12.6 Å². The van der Waals surface area contributed by atoms with Gasteiger partial charge in [-0.3, -0.25) is 0 Å². The monoisotopic (exact) mass is 177 g/mol. The van der Waals surface area contributed by atoms with Crippen molar-refractivity contribution in [2.24, 2.45) is 0 Å². The second-order valence-electron chi connectivity index (χ2n) is 2.35. The molecule has 0 fully saturated rings. The summed E-state index contributed by atoms with van der Waals surface area (Å²) in [5.74, 6) is 0. The Morgan fingerprint density at radius 3 is 1.70 bits per heavy atom. The zero-order valence-corrected chi connectivity index (χ0v) is 10.7. The van der Waals surface area contributed by atoms with Crippen molar-refractivity contribution < 1.29 is 51.4 Å². The van der Waals surface area contributed by atoms with E-state index in [1.54, 1.807) is 0 Å². The fraction of sp³-hybridized carbons (Fsp3) is 0.250. The van der Waals surface area contributed by atoms with Crippen molar-refractivity contribution >= 4 is 12.6 Å². The van der Waals surface area contributed by atoms with Crippen LogP contribution in [0.1, 0.15) is 11.1 Å². The van der Waals surface area contributed by atoms with Crippen molar-refractivity contribution in [3.63, 3.8) is 0 Å². The van der Waals surface area contributed by atoms with Gasteiger partial charge in [0.05, 0.1) is 0 Å². The summed E-state index contributed by atoms with van der Waals surface area (Å²) in [4.78, 5) is 1.05. The van der Waals surface area contributed by atoms with Gasteiger partial charge >= 0.3 is 51.4 Å². The molecule has 1 aromatic rings. The molecule has 0 aliphatic rings. The van der Waals surface area contributed by atoms with Gasteiger partial charge in [0.1, 0.15) is 0 Å². The standard InChI is InChI=1S/C8H10S.K/c1-6-3-7(2)5-8(9)4-6;/h3-5,9H,1-2H3;/q;+1. The fourth-order valence-electron chi connectivity index (χ4n) is 0.951. The minimum atomic E-state index is 0. The summed E-state index contributed by atoms with van der Waals surface area (Å²) in [7, 11) is 0. The Morgan fingerprint density at radius 1 is 1.00 bits per heavy atom. The molecule has 0 N–H and O–H groups in total. The van der Waals surface area contributed by atoms with Crippen molar-refractivity contribution in [1.29, 1.82) is 0 Å². The number of hydrogen-bond donors (Lipinski definition) is 1. The predicted molar refractivity (Wildman–Crippen MR) is 43.2 cm³/mol. The first-order valence-corrected chi connectivity index (χ1v) is 3.40. The first-order chi connectivity index (χ1) is 4.18. The van der Waals surface area contributed by atoms with Crippen LogP contribution in [0.3, 0.4) is 0 Å². The van der Waals surface area contributed by atoms with Gasteiger partial charge in [0.25, 0.3) is 0 Å². The van der Waals surface area contributed by atoms with Crippen molar-refractivity contribution in [2.45, 2.75) is 18.7 Å². The molecule has 48 valence electrons. The third-order valence-corrected chi connectivity index (χ3v) is 1.46. The van der Waals surface area contributed by atoms with Gasteiger partial charge < -0.3 is 0 Å². The molecule has 2 heteroatoms. The molecule has 0 aliphatic carbocycles. The van der Waals surface area contributed by atoms with E-state index in [9.17, 15) is 0 Å². The van der Waals surface area contributed by atoms with E-state index in [4.69, 9.17) is 0 Å². The molecule has 0 bridgehead atoms. The van der Waals surface area contributed by atoms with E-state index in [1.807, 2.05) is 0 Å². The summed E-state index contributed by atoms with van der Waals surface area (Å²) in [5, 5.41) is 0. The summed E-state index contributed by atoms with van der Waals surface area (Å²) in [6, 6.07) is 6.24. The molecule has 0 saturated carbocycles. The molecular formula is C8H10KS+. The molecule has 0 spiro atoms. The molecule has 0 saturated heterocycles. The van der Waals surface area contributed by atoms with Gasteiger partial charge in [0.2, 0.25) is 0 Å². The van der Waals surface area contributed by atoms with Crippen molar-refractivity contribution in [3.8, 4) is 0 Å². The second kappa shape index (κ2) is 4.96. The van der Waals surface area contributed by atoms with Crippen molar-refractivity contribution in [1.82, 2.24) is 0 Å². The molecule has 0 radical (unpaired) electrons. The van der Waals surface area contributed by atoms with Gasteiger partial charge in [-0.2, -0.15) is 0 Å². The maximum absolute atomic E-state index is 4.22. The first kappa shape index (κ1) is 11.2. The van der Waals surface area contributed by atoms with Crippen LogP contribution in [-0.4, -0.2) is 0 Å². The van der Waals surface area contributed by atoms with Crippen LogP contribution in [0.4, 0.5) is 0 Å². The van der Waals surface area contributed by atoms with Crippen LogP contribution in [0.15, 0.2) is 23.1 Å². The summed E-state index contributed by atoms with van der Waals surface area (Å²) in [6.07, 6.45) is 0. The average Bonchev–Trinajstić information content (AvgIpc) is 1.59. The number of aryl methyl sites for hydroxylation is 2. The van der Waals surface area contributed by atoms with Gasteiger partial charge in [-0.05, 0) is 37.1 Å². The van der Waals surface area contributed by atoms with Crippen LogP contribution in [0.2, 0.25) is 0 Å². The molecule has 0 atom stereocenters. The Hall–Kier alpha value is 1.21. The second-order valence-corrected chi connectivity index (χ2v) is 2.86. The Morgan fingerprint density at radius 2 is 1.40 bits per heavy atom. The van der Waals surface area contributed by atoms with Gasteiger partial charge in [0, 0.05) is 4.90 Å². The Bertz CT molecular complexity index is 170. The van der Waals surface area contributed by atoms with Crippen molar-refractivity contribution in [2.75, 3.05) is 0 Å². The fourth-order valence-corrected chi connectivity index (χ4v) is 1.36. The number of hydrogen-bond acceptors (Lipinski definition) is 1. The third kappa shape index (κ3) is 3.55. The molecule has 1 rings (SSSR count). The zero-order valence-electron chi connectivity index (χ0n) is 6.68. The molecule has 10 heavy (non-hydrogen) atoms. The Balaban J connectivity index is 0.000000810. The quantitative estimate of drug-likeness (QED) is 0.404.